The second-order valence-corrected chi connectivity index (χ2v) is 7.37. The zero-order valence-corrected chi connectivity index (χ0v) is 14.7. The van der Waals surface area contributed by atoms with Crippen molar-refractivity contribution in [2.45, 2.75) is 4.90 Å². The van der Waals surface area contributed by atoms with E-state index >= 15 is 0 Å². The molecule has 0 aliphatic heterocycles. The third kappa shape index (κ3) is 2.64. The van der Waals surface area contributed by atoms with Crippen molar-refractivity contribution in [1.82, 2.24) is 3.97 Å². The lowest BCUT2D eigenvalue weighted by molar-refractivity contribution is 0.101. The molecule has 0 radical (unpaired) electrons. The fraction of sp³-hybridized carbons (Fsp3) is 0.0588. The molecule has 0 amide bonds. The maximum Gasteiger partial charge on any atom is 0.268 e. The molecule has 2 aromatic carbocycles. The molecule has 3 rings (SSSR count). The van der Waals surface area contributed by atoms with Crippen LogP contribution in [0.4, 0.5) is 5.69 Å². The second-order valence-electron chi connectivity index (χ2n) is 5.02. The Morgan fingerprint density at radius 1 is 1.12 bits per heavy atom. The van der Waals surface area contributed by atoms with Gasteiger partial charge in [-0.2, -0.15) is 0 Å². The maximum atomic E-state index is 13.0. The van der Waals surface area contributed by atoms with Gasteiger partial charge in [-0.3, -0.25) is 4.79 Å². The molecule has 1 aromatic heterocycles. The van der Waals surface area contributed by atoms with Gasteiger partial charge in [0.05, 0.1) is 22.3 Å². The van der Waals surface area contributed by atoms with Crippen LogP contribution in [0.25, 0.3) is 15.7 Å². The number of carbonyl (C=O) groups is 1. The van der Waals surface area contributed by atoms with Crippen LogP contribution < -0.4 is 0 Å². The van der Waals surface area contributed by atoms with Crippen molar-refractivity contribution in [3.05, 3.63) is 71.7 Å². The monoisotopic (exact) mass is 402 g/mol. The minimum atomic E-state index is -3.93. The van der Waals surface area contributed by atoms with Gasteiger partial charge in [0.15, 0.2) is 11.5 Å². The summed E-state index contributed by atoms with van der Waals surface area (Å²) in [5.41, 5.74) is 0.818. The number of ketones is 1. The molecule has 0 atom stereocenters. The highest BCUT2D eigenvalue weighted by Gasteiger charge is 2.25. The molecule has 120 valence electrons. The maximum absolute atomic E-state index is 13.0. The van der Waals surface area contributed by atoms with Gasteiger partial charge in [-0.1, -0.05) is 40.2 Å². The Kier molecular flexibility index (Phi) is 4.26. The summed E-state index contributed by atoms with van der Waals surface area (Å²) in [7, 11) is -3.93. The molecule has 0 saturated heterocycles. The molecule has 1 heterocycles. The van der Waals surface area contributed by atoms with Gasteiger partial charge in [-0.05, 0) is 35.7 Å². The van der Waals surface area contributed by atoms with Crippen molar-refractivity contribution < 1.29 is 13.2 Å². The average Bonchev–Trinajstić information content (AvgIpc) is 3.01. The summed E-state index contributed by atoms with van der Waals surface area (Å²) >= 11 is 3.09. The summed E-state index contributed by atoms with van der Waals surface area (Å²) in [5, 5.41) is 0.538. The van der Waals surface area contributed by atoms with Gasteiger partial charge >= 0.3 is 0 Å². The van der Waals surface area contributed by atoms with Gasteiger partial charge in [0.1, 0.15) is 5.69 Å². The molecule has 0 aliphatic carbocycles. The highest BCUT2D eigenvalue weighted by Crippen LogP contribution is 2.29. The number of Topliss-reactive ketones (excluding diaryl/α,β-unsaturated/α-hetero) is 1. The molecular weight excluding hydrogens is 392 g/mol. The van der Waals surface area contributed by atoms with E-state index in [-0.39, 0.29) is 21.7 Å². The lowest BCUT2D eigenvalue weighted by atomic mass is 10.2. The molecule has 0 spiro atoms. The lowest BCUT2D eigenvalue weighted by Crippen LogP contribution is -2.18. The Morgan fingerprint density at radius 3 is 2.46 bits per heavy atom. The Morgan fingerprint density at radius 2 is 1.83 bits per heavy atom. The average molecular weight is 403 g/mol. The van der Waals surface area contributed by atoms with Crippen LogP contribution in [0.3, 0.4) is 0 Å². The minimum Gasteiger partial charge on any atom is -0.292 e. The first-order valence-corrected chi connectivity index (χ1v) is 9.48. The highest BCUT2D eigenvalue weighted by molar-refractivity contribution is 9.09. The number of halogens is 1. The molecule has 0 N–H and O–H groups in total. The zero-order valence-electron chi connectivity index (χ0n) is 12.3. The standard InChI is InChI=1S/C17H11BrN2O3S/c1-19-13-7-8-15-12(9-13)10-16(17(21)11-18)20(15)24(22,23)14-5-3-2-4-6-14/h2-10H,11H2. The zero-order chi connectivity index (χ0) is 17.3. The van der Waals surface area contributed by atoms with Crippen molar-refractivity contribution >= 4 is 48.3 Å². The summed E-state index contributed by atoms with van der Waals surface area (Å²) in [6.45, 7) is 7.08. The Balaban J connectivity index is 2.37. The van der Waals surface area contributed by atoms with E-state index in [0.29, 0.717) is 16.6 Å². The summed E-state index contributed by atoms with van der Waals surface area (Å²) < 4.78 is 27.1. The number of aromatic nitrogens is 1. The third-order valence-electron chi connectivity index (χ3n) is 3.56. The van der Waals surface area contributed by atoms with E-state index in [9.17, 15) is 13.2 Å². The van der Waals surface area contributed by atoms with Crippen LogP contribution in [0, 0.1) is 6.57 Å². The predicted octanol–water partition coefficient (Wildman–Crippen LogP) is 4.01. The van der Waals surface area contributed by atoms with E-state index in [1.54, 1.807) is 30.3 Å². The van der Waals surface area contributed by atoms with E-state index in [1.807, 2.05) is 0 Å². The van der Waals surface area contributed by atoms with Gasteiger partial charge in [0.25, 0.3) is 10.0 Å². The van der Waals surface area contributed by atoms with Crippen LogP contribution in [0.1, 0.15) is 10.5 Å². The van der Waals surface area contributed by atoms with Crippen LogP contribution in [0.15, 0.2) is 59.5 Å². The van der Waals surface area contributed by atoms with Crippen LogP contribution in [-0.2, 0) is 10.0 Å². The van der Waals surface area contributed by atoms with Gasteiger partial charge in [0.2, 0.25) is 0 Å². The molecule has 3 aromatic rings. The van der Waals surface area contributed by atoms with Crippen molar-refractivity contribution in [1.29, 1.82) is 0 Å². The van der Waals surface area contributed by atoms with Crippen molar-refractivity contribution in [3.63, 3.8) is 0 Å². The van der Waals surface area contributed by atoms with Crippen molar-refractivity contribution in [2.75, 3.05) is 5.33 Å². The molecular formula is C17H11BrN2O3S. The van der Waals surface area contributed by atoms with Crippen molar-refractivity contribution in [2.24, 2.45) is 0 Å². The number of alkyl halides is 1. The van der Waals surface area contributed by atoms with E-state index in [0.717, 1.165) is 3.97 Å². The first-order valence-electron chi connectivity index (χ1n) is 6.92. The topological polar surface area (TPSA) is 60.5 Å². The quantitative estimate of drug-likeness (QED) is 0.376. The van der Waals surface area contributed by atoms with E-state index in [1.165, 1.54) is 24.3 Å². The molecule has 0 fully saturated rings. The van der Waals surface area contributed by atoms with E-state index in [2.05, 4.69) is 20.8 Å². The number of benzene rings is 2. The largest absolute Gasteiger partial charge is 0.292 e. The van der Waals surface area contributed by atoms with Crippen LogP contribution in [-0.4, -0.2) is 23.5 Å². The SMILES string of the molecule is [C-]#[N+]c1ccc2c(c1)cc(C(=O)CBr)n2S(=O)(=O)c1ccccc1. The molecule has 0 saturated carbocycles. The number of hydrogen-bond donors (Lipinski definition) is 0. The van der Waals surface area contributed by atoms with Gasteiger partial charge in [-0.25, -0.2) is 17.2 Å². The fourth-order valence-electron chi connectivity index (χ4n) is 2.47. The highest BCUT2D eigenvalue weighted by atomic mass is 79.9. The Labute approximate surface area is 147 Å². The number of hydrogen-bond acceptors (Lipinski definition) is 3. The molecule has 24 heavy (non-hydrogen) atoms. The van der Waals surface area contributed by atoms with Crippen LogP contribution in [0.5, 0.6) is 0 Å². The third-order valence-corrected chi connectivity index (χ3v) is 5.81. The first-order chi connectivity index (χ1) is 11.5. The van der Waals surface area contributed by atoms with Gasteiger partial charge < -0.3 is 0 Å². The Bertz CT molecular complexity index is 1080. The summed E-state index contributed by atoms with van der Waals surface area (Å²) in [6, 6.07) is 14.1. The predicted molar refractivity (Wildman–Crippen MR) is 95.4 cm³/mol. The molecule has 7 heteroatoms. The fourth-order valence-corrected chi connectivity index (χ4v) is 4.30. The van der Waals surface area contributed by atoms with Gasteiger partial charge in [-0.15, -0.1) is 0 Å². The van der Waals surface area contributed by atoms with Crippen LogP contribution >= 0.6 is 15.9 Å². The number of fused-ring (bicyclic) bond motifs is 1. The lowest BCUT2D eigenvalue weighted by Gasteiger charge is -2.11. The number of rotatable bonds is 4. The number of nitrogens with zero attached hydrogens (tertiary/aromatic N) is 2. The Hall–Kier alpha value is -2.43. The summed E-state index contributed by atoms with van der Waals surface area (Å²) in [5.74, 6) is -0.352. The van der Waals surface area contributed by atoms with E-state index < -0.39 is 10.0 Å². The first kappa shape index (κ1) is 16.4. The summed E-state index contributed by atoms with van der Waals surface area (Å²) in [4.78, 5) is 15.7. The summed E-state index contributed by atoms with van der Waals surface area (Å²) in [6.07, 6.45) is 0. The van der Waals surface area contributed by atoms with Gasteiger partial charge in [0, 0.05) is 0 Å². The van der Waals surface area contributed by atoms with E-state index in [4.69, 9.17) is 6.57 Å². The van der Waals surface area contributed by atoms with Crippen LogP contribution in [0.2, 0.25) is 0 Å². The molecule has 0 bridgehead atoms. The minimum absolute atomic E-state index is 0.00328. The van der Waals surface area contributed by atoms with Crippen molar-refractivity contribution in [3.8, 4) is 0 Å². The number of carbonyl (C=O) groups excluding carboxylic acids is 1. The molecule has 0 aliphatic rings. The second kappa shape index (κ2) is 6.23. The smallest absolute Gasteiger partial charge is 0.268 e. The molecule has 5 nitrogen and oxygen atoms in total. The molecule has 0 unspecified atom stereocenters. The normalized spacial score (nSPS) is 11.3.